The molecule has 1 aromatic carbocycles. The maximum atomic E-state index is 12.1. The third-order valence-corrected chi connectivity index (χ3v) is 2.82. The van der Waals surface area contributed by atoms with Crippen LogP contribution in [0.25, 0.3) is 10.9 Å². The van der Waals surface area contributed by atoms with Crippen LogP contribution in [0.15, 0.2) is 24.4 Å². The van der Waals surface area contributed by atoms with Crippen molar-refractivity contribution in [2.24, 2.45) is 0 Å². The average Bonchev–Trinajstić information content (AvgIpc) is 2.65. The number of carboxylic acids is 1. The van der Waals surface area contributed by atoms with Gasteiger partial charge in [-0.2, -0.15) is 0 Å². The molecular formula is C14H14ClNO4. The molecule has 6 heteroatoms. The number of ether oxygens (including phenoxy) is 1. The number of aromatic nitrogens is 1. The second kappa shape index (κ2) is 4.83. The van der Waals surface area contributed by atoms with Crippen molar-refractivity contribution in [1.29, 1.82) is 0 Å². The predicted octanol–water partition coefficient (Wildman–Crippen LogP) is 3.78. The van der Waals surface area contributed by atoms with Crippen LogP contribution in [0.3, 0.4) is 0 Å². The molecule has 0 radical (unpaired) electrons. The van der Waals surface area contributed by atoms with Crippen molar-refractivity contribution in [2.75, 3.05) is 0 Å². The standard InChI is InChI=1S/C14H14ClNO4/c1-14(2,3)20-13(19)16-7-10(12(17)18)9-6-8(15)4-5-11(9)16/h4-7H,1-3H3,(H,17,18). The number of fused-ring (bicyclic) bond motifs is 1. The molecule has 0 aliphatic carbocycles. The Morgan fingerprint density at radius 1 is 1.30 bits per heavy atom. The van der Waals surface area contributed by atoms with Gasteiger partial charge < -0.3 is 9.84 Å². The van der Waals surface area contributed by atoms with Gasteiger partial charge >= 0.3 is 12.1 Å². The molecule has 2 rings (SSSR count). The van der Waals surface area contributed by atoms with E-state index in [0.717, 1.165) is 0 Å². The highest BCUT2D eigenvalue weighted by Crippen LogP contribution is 2.26. The lowest BCUT2D eigenvalue weighted by Crippen LogP contribution is -2.26. The minimum Gasteiger partial charge on any atom is -0.478 e. The normalized spacial score (nSPS) is 11.6. The Balaban J connectivity index is 2.60. The number of carbonyl (C=O) groups excluding carboxylic acids is 1. The molecule has 0 unspecified atom stereocenters. The van der Waals surface area contributed by atoms with Crippen LogP contribution in [0.1, 0.15) is 31.1 Å². The van der Waals surface area contributed by atoms with Gasteiger partial charge in [-0.15, -0.1) is 0 Å². The summed E-state index contributed by atoms with van der Waals surface area (Å²) in [6, 6.07) is 4.70. The Bertz CT molecular complexity index is 697. The van der Waals surface area contributed by atoms with E-state index in [0.29, 0.717) is 15.9 Å². The van der Waals surface area contributed by atoms with Gasteiger partial charge in [0.15, 0.2) is 0 Å². The molecular weight excluding hydrogens is 282 g/mol. The monoisotopic (exact) mass is 295 g/mol. The Hall–Kier alpha value is -2.01. The number of rotatable bonds is 1. The Morgan fingerprint density at radius 2 is 1.95 bits per heavy atom. The zero-order valence-electron chi connectivity index (χ0n) is 11.3. The summed E-state index contributed by atoms with van der Waals surface area (Å²) in [6.07, 6.45) is 0.620. The van der Waals surface area contributed by atoms with E-state index in [9.17, 15) is 14.7 Å². The van der Waals surface area contributed by atoms with Crippen molar-refractivity contribution in [1.82, 2.24) is 4.57 Å². The van der Waals surface area contributed by atoms with Gasteiger partial charge in [-0.25, -0.2) is 9.59 Å². The summed E-state index contributed by atoms with van der Waals surface area (Å²) in [5.74, 6) is -1.13. The summed E-state index contributed by atoms with van der Waals surface area (Å²) >= 11 is 5.87. The predicted molar refractivity (Wildman–Crippen MR) is 75.5 cm³/mol. The molecule has 1 heterocycles. The third kappa shape index (κ3) is 2.77. The fraction of sp³-hybridized carbons (Fsp3) is 0.286. The number of halogens is 1. The minimum absolute atomic E-state index is 0.00774. The minimum atomic E-state index is -1.13. The third-order valence-electron chi connectivity index (χ3n) is 2.59. The van der Waals surface area contributed by atoms with E-state index in [4.69, 9.17) is 16.3 Å². The van der Waals surface area contributed by atoms with E-state index in [1.807, 2.05) is 0 Å². The Labute approximate surface area is 120 Å². The first-order chi connectivity index (χ1) is 9.19. The fourth-order valence-corrected chi connectivity index (χ4v) is 2.01. The molecule has 1 N–H and O–H groups in total. The first kappa shape index (κ1) is 14.4. The summed E-state index contributed by atoms with van der Waals surface area (Å²) in [5.41, 5.74) is -0.210. The van der Waals surface area contributed by atoms with Gasteiger partial charge in [-0.1, -0.05) is 11.6 Å². The van der Waals surface area contributed by atoms with Crippen LogP contribution in [0.4, 0.5) is 4.79 Å². The molecule has 0 aliphatic rings. The zero-order valence-corrected chi connectivity index (χ0v) is 12.1. The van der Waals surface area contributed by atoms with E-state index < -0.39 is 17.7 Å². The summed E-state index contributed by atoms with van der Waals surface area (Å²) in [5, 5.41) is 10.00. The summed E-state index contributed by atoms with van der Waals surface area (Å²) in [6.45, 7) is 5.22. The van der Waals surface area contributed by atoms with Crippen molar-refractivity contribution in [3.8, 4) is 0 Å². The topological polar surface area (TPSA) is 68.5 Å². The smallest absolute Gasteiger partial charge is 0.419 e. The number of carbonyl (C=O) groups is 2. The van der Waals surface area contributed by atoms with E-state index in [1.165, 1.54) is 16.8 Å². The highest BCUT2D eigenvalue weighted by Gasteiger charge is 2.22. The van der Waals surface area contributed by atoms with Crippen LogP contribution in [0.5, 0.6) is 0 Å². The lowest BCUT2D eigenvalue weighted by molar-refractivity contribution is 0.0544. The van der Waals surface area contributed by atoms with Crippen molar-refractivity contribution in [3.05, 3.63) is 35.0 Å². The van der Waals surface area contributed by atoms with Crippen LogP contribution < -0.4 is 0 Å². The number of hydrogen-bond acceptors (Lipinski definition) is 3. The second-order valence-corrected chi connectivity index (χ2v) is 5.80. The molecule has 106 valence electrons. The number of benzene rings is 1. The highest BCUT2D eigenvalue weighted by atomic mass is 35.5. The molecule has 0 saturated heterocycles. The number of carboxylic acid groups (broad SMARTS) is 1. The van der Waals surface area contributed by atoms with Gasteiger partial charge in [0.2, 0.25) is 0 Å². The van der Waals surface area contributed by atoms with E-state index in [2.05, 4.69) is 0 Å². The Morgan fingerprint density at radius 3 is 2.50 bits per heavy atom. The second-order valence-electron chi connectivity index (χ2n) is 5.36. The van der Waals surface area contributed by atoms with Gasteiger partial charge in [-0.05, 0) is 39.0 Å². The molecule has 0 spiro atoms. The highest BCUT2D eigenvalue weighted by molar-refractivity contribution is 6.31. The van der Waals surface area contributed by atoms with E-state index >= 15 is 0 Å². The molecule has 1 aromatic heterocycles. The maximum Gasteiger partial charge on any atom is 0.419 e. The number of aromatic carboxylic acids is 1. The van der Waals surface area contributed by atoms with E-state index in [-0.39, 0.29) is 5.56 Å². The van der Waals surface area contributed by atoms with Gasteiger partial charge in [0.25, 0.3) is 0 Å². The van der Waals surface area contributed by atoms with Crippen LogP contribution in [0.2, 0.25) is 5.02 Å². The molecule has 0 fully saturated rings. The van der Waals surface area contributed by atoms with Gasteiger partial charge in [0.05, 0.1) is 11.1 Å². The van der Waals surface area contributed by atoms with Crippen LogP contribution in [-0.4, -0.2) is 27.3 Å². The average molecular weight is 296 g/mol. The Kier molecular flexibility index (Phi) is 3.48. The van der Waals surface area contributed by atoms with Gasteiger partial charge in [0, 0.05) is 16.6 Å². The lowest BCUT2D eigenvalue weighted by Gasteiger charge is -2.19. The van der Waals surface area contributed by atoms with Crippen molar-refractivity contribution in [3.63, 3.8) is 0 Å². The molecule has 0 amide bonds. The van der Waals surface area contributed by atoms with Gasteiger partial charge in [0.1, 0.15) is 5.60 Å². The first-order valence-corrected chi connectivity index (χ1v) is 6.34. The molecule has 0 bridgehead atoms. The summed E-state index contributed by atoms with van der Waals surface area (Å²) in [4.78, 5) is 23.3. The van der Waals surface area contributed by atoms with Crippen LogP contribution in [-0.2, 0) is 4.74 Å². The molecule has 0 saturated carbocycles. The van der Waals surface area contributed by atoms with Gasteiger partial charge in [-0.3, -0.25) is 4.57 Å². The molecule has 5 nitrogen and oxygen atoms in total. The maximum absolute atomic E-state index is 12.1. The zero-order chi connectivity index (χ0) is 15.1. The quantitative estimate of drug-likeness (QED) is 0.869. The fourth-order valence-electron chi connectivity index (χ4n) is 1.83. The molecule has 0 atom stereocenters. The van der Waals surface area contributed by atoms with Crippen LogP contribution >= 0.6 is 11.6 Å². The van der Waals surface area contributed by atoms with Crippen molar-refractivity contribution < 1.29 is 19.4 Å². The summed E-state index contributed by atoms with van der Waals surface area (Å²) in [7, 11) is 0. The molecule has 0 aliphatic heterocycles. The first-order valence-electron chi connectivity index (χ1n) is 5.96. The molecule has 20 heavy (non-hydrogen) atoms. The van der Waals surface area contributed by atoms with Crippen molar-refractivity contribution in [2.45, 2.75) is 26.4 Å². The van der Waals surface area contributed by atoms with E-state index in [1.54, 1.807) is 32.9 Å². The van der Waals surface area contributed by atoms with Crippen LogP contribution in [0, 0.1) is 0 Å². The SMILES string of the molecule is CC(C)(C)OC(=O)n1cc(C(=O)O)c2cc(Cl)ccc21. The molecule has 2 aromatic rings. The summed E-state index contributed by atoms with van der Waals surface area (Å²) < 4.78 is 6.43. The lowest BCUT2D eigenvalue weighted by atomic mass is 10.2. The number of hydrogen-bond donors (Lipinski definition) is 1. The number of nitrogens with zero attached hydrogens (tertiary/aromatic N) is 1. The van der Waals surface area contributed by atoms with Crippen molar-refractivity contribution >= 4 is 34.6 Å². The largest absolute Gasteiger partial charge is 0.478 e.